The predicted octanol–water partition coefficient (Wildman–Crippen LogP) is 14.6. The lowest BCUT2D eigenvalue weighted by Gasteiger charge is -2.42. The number of hydrogen-bond donors (Lipinski definition) is 1. The Hall–Kier alpha value is -6.57. The molecule has 100 heavy (non-hydrogen) atoms. The highest BCUT2D eigenvalue weighted by molar-refractivity contribution is 6.00. The third-order valence-corrected chi connectivity index (χ3v) is 21.1. The van der Waals surface area contributed by atoms with Crippen LogP contribution >= 0.6 is 0 Å². The Balaban J connectivity index is 0.000000240. The van der Waals surface area contributed by atoms with Crippen LogP contribution in [0.2, 0.25) is 0 Å². The number of cyclic esters (lactones) is 4. The van der Waals surface area contributed by atoms with Gasteiger partial charge in [0.1, 0.15) is 60.4 Å². The molecule has 0 aromatic carbocycles. The van der Waals surface area contributed by atoms with E-state index in [1.54, 1.807) is 6.08 Å². The molecule has 3 saturated carbocycles. The van der Waals surface area contributed by atoms with Crippen LogP contribution < -0.4 is 0 Å². The maximum atomic E-state index is 12.7. The Labute approximate surface area is 595 Å². The van der Waals surface area contributed by atoms with E-state index in [1.165, 1.54) is 57.8 Å². The van der Waals surface area contributed by atoms with Crippen molar-refractivity contribution in [1.82, 2.24) is 0 Å². The summed E-state index contributed by atoms with van der Waals surface area (Å²) < 4.78 is 43.4. The first-order valence-corrected chi connectivity index (χ1v) is 37.0. The van der Waals surface area contributed by atoms with Crippen molar-refractivity contribution in [2.75, 3.05) is 0 Å². The first-order valence-electron chi connectivity index (χ1n) is 37.0. The third kappa shape index (κ3) is 24.9. The molecule has 0 bridgehead atoms. The van der Waals surface area contributed by atoms with Crippen molar-refractivity contribution in [3.63, 3.8) is 0 Å². The van der Waals surface area contributed by atoms with Crippen molar-refractivity contribution < 1.29 is 95.7 Å². The normalized spacial score (nSPS) is 30.6. The number of carbonyl (C=O) groups excluding carboxylic acids is 11. The van der Waals surface area contributed by atoms with E-state index in [0.29, 0.717) is 101 Å². The summed E-state index contributed by atoms with van der Waals surface area (Å²) in [7, 11) is 0. The number of esters is 8. The van der Waals surface area contributed by atoms with Crippen molar-refractivity contribution in [2.45, 2.75) is 333 Å². The lowest BCUT2D eigenvalue weighted by Crippen LogP contribution is -2.48. The van der Waals surface area contributed by atoms with E-state index >= 15 is 0 Å². The van der Waals surface area contributed by atoms with Gasteiger partial charge in [0.2, 0.25) is 0 Å². The summed E-state index contributed by atoms with van der Waals surface area (Å²) in [6.45, 7) is 30.9. The smallest absolute Gasteiger partial charge is 0.307 e. The molecule has 4 heterocycles. The third-order valence-electron chi connectivity index (χ3n) is 21.1. The zero-order valence-electron chi connectivity index (χ0n) is 63.1. The molecule has 0 radical (unpaired) electrons. The van der Waals surface area contributed by atoms with Gasteiger partial charge in [-0.1, -0.05) is 115 Å². The second-order valence-electron chi connectivity index (χ2n) is 31.6. The van der Waals surface area contributed by atoms with Crippen LogP contribution in [0.1, 0.15) is 278 Å². The second kappa shape index (κ2) is 38.6. The minimum atomic E-state index is -0.882. The Morgan fingerprint density at radius 1 is 0.490 bits per heavy atom. The minimum absolute atomic E-state index is 0.0418. The van der Waals surface area contributed by atoms with Gasteiger partial charge in [0.05, 0.1) is 53.4 Å². The maximum Gasteiger partial charge on any atom is 0.307 e. The molecule has 0 aromatic heterocycles. The van der Waals surface area contributed by atoms with E-state index in [9.17, 15) is 57.8 Å². The Morgan fingerprint density at radius 2 is 0.900 bits per heavy atom. The van der Waals surface area contributed by atoms with Crippen LogP contribution in [0.5, 0.6) is 0 Å². The molecule has 20 nitrogen and oxygen atoms in total. The lowest BCUT2D eigenvalue weighted by molar-refractivity contribution is -0.157. The summed E-state index contributed by atoms with van der Waals surface area (Å²) in [4.78, 5) is 131. The number of hydrogen-bond acceptors (Lipinski definition) is 20. The zero-order valence-corrected chi connectivity index (χ0v) is 63.1. The predicted molar refractivity (Wildman–Crippen MR) is 376 cm³/mol. The highest BCUT2D eigenvalue weighted by atomic mass is 16.6. The van der Waals surface area contributed by atoms with E-state index < -0.39 is 52.2 Å². The fourth-order valence-electron chi connectivity index (χ4n) is 15.9. The van der Waals surface area contributed by atoms with E-state index in [2.05, 4.69) is 81.4 Å². The van der Waals surface area contributed by atoms with Crippen LogP contribution in [-0.2, 0) is 90.6 Å². The SMILES string of the molecule is CC(=O)O[C@@H]1C=CC(=O)C2(CC(=O)O[C@@H]2CC(C)CCCC(C)C)C1.CC(=O)O[C@@H]1CCC(=O)C2(CC(=O)O[C@@H]2/C=C(\C)CCC=C(C)C)C1.CC(=O)O[C@@H]1CCC(=O)C2(CC(=O)O[C@@H]2CC(C)CCCC(C)C)C1.CC(=O)O[C@@H]1CCC(O)C2(CC(=O)O[C@@H]2/C=C(\C)CCC=C(C)C)C1. The van der Waals surface area contributed by atoms with Gasteiger partial charge >= 0.3 is 47.8 Å². The van der Waals surface area contributed by atoms with Gasteiger partial charge in [-0.2, -0.15) is 0 Å². The number of carbonyl (C=O) groups is 11. The van der Waals surface area contributed by atoms with Crippen LogP contribution in [0.15, 0.2) is 58.7 Å². The minimum Gasteiger partial charge on any atom is -0.463 e. The number of ketones is 3. The summed E-state index contributed by atoms with van der Waals surface area (Å²) in [6, 6.07) is 0. The maximum absolute atomic E-state index is 12.7. The summed E-state index contributed by atoms with van der Waals surface area (Å²) in [5.41, 5.74) is 1.55. The summed E-state index contributed by atoms with van der Waals surface area (Å²) in [5.74, 6) is -0.479. The largest absolute Gasteiger partial charge is 0.463 e. The fourth-order valence-corrected chi connectivity index (χ4v) is 15.9. The topological polar surface area (TPSA) is 282 Å². The van der Waals surface area contributed by atoms with Crippen LogP contribution in [0, 0.1) is 45.3 Å². The molecule has 4 aliphatic heterocycles. The van der Waals surface area contributed by atoms with Gasteiger partial charge in [-0.25, -0.2) is 0 Å². The molecule has 8 rings (SSSR count). The molecule has 4 aliphatic carbocycles. The van der Waals surface area contributed by atoms with Gasteiger partial charge in [0, 0.05) is 59.8 Å². The van der Waals surface area contributed by atoms with Crippen LogP contribution in [0.4, 0.5) is 0 Å². The molecular formula is C80H120O20. The van der Waals surface area contributed by atoms with E-state index in [-0.39, 0.29) is 115 Å². The Morgan fingerprint density at radius 3 is 1.38 bits per heavy atom. The molecule has 7 fully saturated rings. The van der Waals surface area contributed by atoms with Gasteiger partial charge < -0.3 is 43.0 Å². The average Bonchev–Trinajstić information content (AvgIpc) is 1.60. The molecule has 15 atom stereocenters. The molecule has 20 heteroatoms. The lowest BCUT2D eigenvalue weighted by atomic mass is 9.66. The zero-order chi connectivity index (χ0) is 74.5. The first-order chi connectivity index (χ1) is 46.9. The number of rotatable bonds is 24. The quantitative estimate of drug-likeness (QED) is 0.0534. The van der Waals surface area contributed by atoms with E-state index in [4.69, 9.17) is 37.9 Å². The fraction of sp³-hybridized carbons (Fsp3) is 0.738. The molecule has 8 aliphatic rings. The molecule has 4 saturated heterocycles. The Kier molecular flexibility index (Phi) is 32.5. The Bertz CT molecular complexity index is 3050. The van der Waals surface area contributed by atoms with Crippen molar-refractivity contribution in [3.8, 4) is 0 Å². The molecule has 4 spiro atoms. The first kappa shape index (κ1) is 84.1. The molecule has 7 unspecified atom stereocenters. The number of allylic oxidation sites excluding steroid dienone is 7. The molecule has 1 N–H and O–H groups in total. The highest BCUT2D eigenvalue weighted by Crippen LogP contribution is 2.52. The average molecular weight is 1400 g/mol. The molecule has 0 aromatic rings. The summed E-state index contributed by atoms with van der Waals surface area (Å²) in [6.07, 6.45) is 24.2. The van der Waals surface area contributed by atoms with Gasteiger partial charge in [-0.3, -0.25) is 52.7 Å². The van der Waals surface area contributed by atoms with Crippen molar-refractivity contribution in [1.29, 1.82) is 0 Å². The van der Waals surface area contributed by atoms with Crippen LogP contribution in [-0.4, -0.2) is 125 Å². The monoisotopic (exact) mass is 1400 g/mol. The number of aliphatic hydroxyl groups excluding tert-OH is 1. The highest BCUT2D eigenvalue weighted by Gasteiger charge is 2.60. The number of ether oxygens (including phenoxy) is 8. The van der Waals surface area contributed by atoms with Crippen molar-refractivity contribution in [3.05, 3.63) is 58.7 Å². The van der Waals surface area contributed by atoms with Gasteiger partial charge in [0.25, 0.3) is 0 Å². The van der Waals surface area contributed by atoms with Gasteiger partial charge in [-0.05, 0) is 160 Å². The summed E-state index contributed by atoms with van der Waals surface area (Å²) in [5, 5.41) is 10.6. The van der Waals surface area contributed by atoms with E-state index in [0.717, 1.165) is 62.5 Å². The molecule has 0 amide bonds. The second-order valence-corrected chi connectivity index (χ2v) is 31.6. The number of Topliss-reactive ketones (excluding diaryl/α,β-unsaturated/α-hetero) is 2. The standard InChI is InChI=1S/C20H32O5.2C20H30O5.C20H28O5/c4*1-13(2)6-5-7-14(3)10-18-20(12-19(23)25-18)11-16(24-15(4)21)8-9-17(20)22/h13-14,16,18H,5-12H2,1-4H3;8-9,13-14,16,18H,5-7,10-12H2,1-4H3;6,10,16-18,22H,5,7-9,11-12H2,1-4H3;6,10,16,18H,5,7-9,11-12H2,1-4H3/b;;2*14-10+/t2*14?,16-,18-,20?;16-,17?,18-,20?;16-,18-,20?/m1111/s1. The molecular weight excluding hydrogens is 1280 g/mol. The van der Waals surface area contributed by atoms with Crippen LogP contribution in [0.25, 0.3) is 0 Å². The van der Waals surface area contributed by atoms with Gasteiger partial charge in [-0.15, -0.1) is 0 Å². The summed E-state index contributed by atoms with van der Waals surface area (Å²) >= 11 is 0. The van der Waals surface area contributed by atoms with Gasteiger partial charge in [0.15, 0.2) is 5.78 Å². The van der Waals surface area contributed by atoms with Crippen molar-refractivity contribution in [2.24, 2.45) is 45.3 Å². The van der Waals surface area contributed by atoms with Crippen LogP contribution in [0.3, 0.4) is 0 Å². The molecule has 560 valence electrons. The van der Waals surface area contributed by atoms with Crippen molar-refractivity contribution >= 4 is 65.1 Å². The van der Waals surface area contributed by atoms with E-state index in [1.807, 2.05) is 26.0 Å². The number of aliphatic hydroxyl groups is 1.